The third-order valence-electron chi connectivity index (χ3n) is 9.81. The molecule has 0 spiro atoms. The van der Waals surface area contributed by atoms with Crippen molar-refractivity contribution in [3.63, 3.8) is 0 Å². The molecule has 0 bridgehead atoms. The van der Waals surface area contributed by atoms with Crippen molar-refractivity contribution in [3.8, 4) is 45.0 Å². The van der Waals surface area contributed by atoms with Gasteiger partial charge in [-0.2, -0.15) is 0 Å². The van der Waals surface area contributed by atoms with E-state index in [1.165, 1.54) is 43.7 Å². The maximum absolute atomic E-state index is 5.14. The highest BCUT2D eigenvalue weighted by molar-refractivity contribution is 6.12. The van der Waals surface area contributed by atoms with Gasteiger partial charge in [0.15, 0.2) is 0 Å². The van der Waals surface area contributed by atoms with Crippen LogP contribution >= 0.6 is 0 Å². The minimum atomic E-state index is 0.908. The zero-order valence-corrected chi connectivity index (χ0v) is 27.1. The van der Waals surface area contributed by atoms with Gasteiger partial charge in [0.25, 0.3) is 0 Å². The van der Waals surface area contributed by atoms with Gasteiger partial charge >= 0.3 is 0 Å². The number of rotatable bonds is 5. The van der Waals surface area contributed by atoms with Crippen LogP contribution in [0.2, 0.25) is 0 Å². The van der Waals surface area contributed by atoms with Gasteiger partial charge < -0.3 is 9.13 Å². The molecule has 0 aliphatic carbocycles. The van der Waals surface area contributed by atoms with Gasteiger partial charge in [-0.15, -0.1) is 0 Å². The van der Waals surface area contributed by atoms with Crippen LogP contribution in [-0.4, -0.2) is 19.1 Å². The van der Waals surface area contributed by atoms with Crippen LogP contribution in [0, 0.1) is 0 Å². The van der Waals surface area contributed by atoms with Crippen LogP contribution in [-0.2, 0) is 0 Å². The molecule has 0 N–H and O–H groups in total. The summed E-state index contributed by atoms with van der Waals surface area (Å²) in [7, 11) is 0. The Labute approximate surface area is 289 Å². The third-order valence-corrected chi connectivity index (χ3v) is 9.81. The maximum atomic E-state index is 5.14. The predicted octanol–water partition coefficient (Wildman–Crippen LogP) is 11.7. The molecule has 10 aromatic rings. The van der Waals surface area contributed by atoms with Crippen molar-refractivity contribution in [2.45, 2.75) is 0 Å². The van der Waals surface area contributed by atoms with Gasteiger partial charge in [0.1, 0.15) is 0 Å². The summed E-state index contributed by atoms with van der Waals surface area (Å²) in [6.45, 7) is 0. The van der Waals surface area contributed by atoms with Gasteiger partial charge in [-0.25, -0.2) is 4.98 Å². The number of hydrogen-bond acceptors (Lipinski definition) is 2. The molecule has 0 atom stereocenters. The van der Waals surface area contributed by atoms with Crippen molar-refractivity contribution in [3.05, 3.63) is 182 Å². The van der Waals surface area contributed by atoms with E-state index in [2.05, 4.69) is 166 Å². The van der Waals surface area contributed by atoms with Gasteiger partial charge in [0.05, 0.1) is 39.1 Å². The number of para-hydroxylation sites is 3. The molecule has 0 saturated carbocycles. The molecule has 0 aliphatic heterocycles. The van der Waals surface area contributed by atoms with Crippen LogP contribution in [0.5, 0.6) is 0 Å². The number of pyridine rings is 2. The lowest BCUT2D eigenvalue weighted by atomic mass is 10.0. The first-order valence-electron chi connectivity index (χ1n) is 16.9. The van der Waals surface area contributed by atoms with E-state index in [0.29, 0.717) is 0 Å². The Kier molecular flexibility index (Phi) is 6.46. The molecule has 4 aromatic heterocycles. The average Bonchev–Trinajstić information content (AvgIpc) is 3.71. The van der Waals surface area contributed by atoms with E-state index in [-0.39, 0.29) is 0 Å². The Morgan fingerprint density at radius 2 is 0.840 bits per heavy atom. The molecule has 4 nitrogen and oxygen atoms in total. The molecule has 0 radical (unpaired) electrons. The lowest BCUT2D eigenvalue weighted by molar-refractivity contribution is 1.16. The summed E-state index contributed by atoms with van der Waals surface area (Å²) >= 11 is 0. The van der Waals surface area contributed by atoms with Crippen LogP contribution in [0.1, 0.15) is 0 Å². The van der Waals surface area contributed by atoms with Crippen molar-refractivity contribution < 1.29 is 0 Å². The Balaban J connectivity index is 1.20. The number of fused-ring (bicyclic) bond motifs is 6. The largest absolute Gasteiger partial charge is 0.309 e. The first kappa shape index (κ1) is 28.3. The fourth-order valence-corrected chi connectivity index (χ4v) is 7.51. The van der Waals surface area contributed by atoms with Crippen molar-refractivity contribution in [2.24, 2.45) is 0 Å². The number of aromatic nitrogens is 4. The summed E-state index contributed by atoms with van der Waals surface area (Å²) in [6, 6.07) is 60.7. The van der Waals surface area contributed by atoms with E-state index in [1.807, 2.05) is 30.6 Å². The van der Waals surface area contributed by atoms with Gasteiger partial charge in [0.2, 0.25) is 0 Å². The highest BCUT2D eigenvalue weighted by atomic mass is 15.0. The Morgan fingerprint density at radius 1 is 0.320 bits per heavy atom. The minimum absolute atomic E-state index is 0.908. The topological polar surface area (TPSA) is 35.6 Å². The molecular weight excluding hydrogens is 609 g/mol. The highest BCUT2D eigenvalue weighted by Crippen LogP contribution is 2.39. The van der Waals surface area contributed by atoms with E-state index < -0.39 is 0 Å². The van der Waals surface area contributed by atoms with E-state index >= 15 is 0 Å². The van der Waals surface area contributed by atoms with Crippen molar-refractivity contribution >= 4 is 43.6 Å². The van der Waals surface area contributed by atoms with Crippen molar-refractivity contribution in [2.75, 3.05) is 0 Å². The van der Waals surface area contributed by atoms with Crippen LogP contribution in [0.3, 0.4) is 0 Å². The Morgan fingerprint density at radius 3 is 1.56 bits per heavy atom. The second-order valence-corrected chi connectivity index (χ2v) is 12.7. The first-order valence-corrected chi connectivity index (χ1v) is 16.9. The molecule has 0 unspecified atom stereocenters. The van der Waals surface area contributed by atoms with Gasteiger partial charge in [-0.1, -0.05) is 103 Å². The Bertz CT molecular complexity index is 2790. The number of nitrogens with zero attached hydrogens (tertiary/aromatic N) is 4. The first-order chi connectivity index (χ1) is 24.8. The van der Waals surface area contributed by atoms with Crippen LogP contribution in [0.25, 0.3) is 88.6 Å². The molecule has 6 aromatic carbocycles. The molecule has 0 saturated heterocycles. The normalized spacial score (nSPS) is 11.6. The molecule has 234 valence electrons. The molecule has 10 rings (SSSR count). The van der Waals surface area contributed by atoms with Gasteiger partial charge in [0, 0.05) is 50.8 Å². The minimum Gasteiger partial charge on any atom is -0.309 e. The molecule has 0 aliphatic rings. The summed E-state index contributed by atoms with van der Waals surface area (Å²) in [6.07, 6.45) is 3.65. The molecule has 0 fully saturated rings. The monoisotopic (exact) mass is 638 g/mol. The van der Waals surface area contributed by atoms with Crippen LogP contribution < -0.4 is 0 Å². The van der Waals surface area contributed by atoms with E-state index in [9.17, 15) is 0 Å². The number of hydrogen-bond donors (Lipinski definition) is 0. The zero-order chi connectivity index (χ0) is 33.0. The summed E-state index contributed by atoms with van der Waals surface area (Å²) in [5, 5.41) is 4.93. The molecule has 4 heteroatoms. The smallest absolute Gasteiger partial charge is 0.0731 e. The predicted molar refractivity (Wildman–Crippen MR) is 207 cm³/mol. The summed E-state index contributed by atoms with van der Waals surface area (Å²) < 4.78 is 4.76. The SMILES string of the molecule is c1ccc(-c2cc(-n3c4ccccc4c4ccc(-c5ccc6c(c5)c5ccccc5n6-c5ccccc5)cc43)cc(-c3ccncc3)n2)cc1. The molecule has 4 heterocycles. The lowest BCUT2D eigenvalue weighted by Crippen LogP contribution is -1.98. The number of benzene rings is 6. The highest BCUT2D eigenvalue weighted by Gasteiger charge is 2.17. The quantitative estimate of drug-likeness (QED) is 0.188. The summed E-state index contributed by atoms with van der Waals surface area (Å²) in [5.41, 5.74) is 13.2. The average molecular weight is 639 g/mol. The van der Waals surface area contributed by atoms with E-state index in [0.717, 1.165) is 44.9 Å². The van der Waals surface area contributed by atoms with Crippen LogP contribution in [0.15, 0.2) is 182 Å². The summed E-state index contributed by atoms with van der Waals surface area (Å²) in [5.74, 6) is 0. The summed E-state index contributed by atoms with van der Waals surface area (Å²) in [4.78, 5) is 9.41. The zero-order valence-electron chi connectivity index (χ0n) is 27.1. The second kappa shape index (κ2) is 11.4. The van der Waals surface area contributed by atoms with E-state index in [4.69, 9.17) is 4.98 Å². The standard InChI is InChI=1S/C46H30N4/c1-3-11-31(12-4-1)41-29-36(30-42(48-41)32-23-25-47-26-24-32)50-43-17-9-7-15-37(43)39-21-19-34(28-46(39)50)33-20-22-45-40(27-33)38-16-8-10-18-44(38)49(45)35-13-5-2-6-14-35/h1-30H. The van der Waals surface area contributed by atoms with Gasteiger partial charge in [-0.3, -0.25) is 4.98 Å². The third kappa shape index (κ3) is 4.54. The van der Waals surface area contributed by atoms with Crippen molar-refractivity contribution in [1.29, 1.82) is 0 Å². The molecule has 50 heavy (non-hydrogen) atoms. The fraction of sp³-hybridized carbons (Fsp3) is 0. The van der Waals surface area contributed by atoms with Gasteiger partial charge in [-0.05, 0) is 77.9 Å². The van der Waals surface area contributed by atoms with Crippen molar-refractivity contribution in [1.82, 2.24) is 19.1 Å². The lowest BCUT2D eigenvalue weighted by Gasteiger charge is -2.14. The van der Waals surface area contributed by atoms with Crippen LogP contribution in [0.4, 0.5) is 0 Å². The molecular formula is C46H30N4. The fourth-order valence-electron chi connectivity index (χ4n) is 7.51. The second-order valence-electron chi connectivity index (χ2n) is 12.7. The Hall–Kier alpha value is -6.78. The van der Waals surface area contributed by atoms with E-state index in [1.54, 1.807) is 0 Å². The molecule has 0 amide bonds. The maximum Gasteiger partial charge on any atom is 0.0731 e.